The highest BCUT2D eigenvalue weighted by atomic mass is 16.2. The van der Waals surface area contributed by atoms with Crippen LogP contribution in [-0.2, 0) is 4.79 Å². The number of nitrogens with zero attached hydrogens (tertiary/aromatic N) is 1. The Morgan fingerprint density at radius 3 is 2.81 bits per heavy atom. The first kappa shape index (κ1) is 14.6. The number of carbonyl (C=O) groups excluding carboxylic acids is 2. The highest BCUT2D eigenvalue weighted by Crippen LogP contribution is 2.58. The van der Waals surface area contributed by atoms with E-state index in [9.17, 15) is 9.59 Å². The molecule has 2 aliphatic heterocycles. The molecule has 0 radical (unpaired) electrons. The highest BCUT2D eigenvalue weighted by molar-refractivity contribution is 5.83. The van der Waals surface area contributed by atoms with Crippen LogP contribution in [0.3, 0.4) is 0 Å². The van der Waals surface area contributed by atoms with Gasteiger partial charge >= 0.3 is 6.03 Å². The van der Waals surface area contributed by atoms with Crippen molar-refractivity contribution < 1.29 is 9.59 Å². The van der Waals surface area contributed by atoms with Crippen LogP contribution < -0.4 is 16.0 Å². The lowest BCUT2D eigenvalue weighted by atomic mass is 9.91. The predicted octanol–water partition coefficient (Wildman–Crippen LogP) is 0.296. The zero-order valence-electron chi connectivity index (χ0n) is 12.8. The van der Waals surface area contributed by atoms with Gasteiger partial charge in [0.25, 0.3) is 0 Å². The van der Waals surface area contributed by atoms with Crippen molar-refractivity contribution in [2.75, 3.05) is 32.7 Å². The van der Waals surface area contributed by atoms with E-state index in [4.69, 9.17) is 0 Å². The second-order valence-corrected chi connectivity index (χ2v) is 6.64. The first-order valence-electron chi connectivity index (χ1n) is 8.18. The molecule has 2 saturated heterocycles. The molecule has 1 aliphatic carbocycles. The Balaban J connectivity index is 1.45. The van der Waals surface area contributed by atoms with E-state index >= 15 is 0 Å². The average molecular weight is 294 g/mol. The molecule has 118 valence electrons. The van der Waals surface area contributed by atoms with E-state index in [1.807, 2.05) is 6.92 Å². The quantitative estimate of drug-likeness (QED) is 0.701. The lowest BCUT2D eigenvalue weighted by molar-refractivity contribution is -0.123. The SMILES string of the molecule is CCNC(=O)N1CCC(NC(=O)C2CC23CCNCC3)C1. The number of nitrogens with one attached hydrogen (secondary N) is 3. The summed E-state index contributed by atoms with van der Waals surface area (Å²) in [6.07, 6.45) is 4.17. The molecule has 1 spiro atoms. The Kier molecular flexibility index (Phi) is 4.06. The summed E-state index contributed by atoms with van der Waals surface area (Å²) in [6.45, 7) is 6.01. The van der Waals surface area contributed by atoms with E-state index in [0.717, 1.165) is 45.3 Å². The highest BCUT2D eigenvalue weighted by Gasteiger charge is 2.57. The van der Waals surface area contributed by atoms with Gasteiger partial charge in [0.2, 0.25) is 5.91 Å². The van der Waals surface area contributed by atoms with Crippen LogP contribution in [0.4, 0.5) is 4.79 Å². The number of hydrogen-bond donors (Lipinski definition) is 3. The van der Waals surface area contributed by atoms with Gasteiger partial charge in [-0.1, -0.05) is 0 Å². The van der Waals surface area contributed by atoms with Crippen LogP contribution in [0.1, 0.15) is 32.6 Å². The van der Waals surface area contributed by atoms with Crippen LogP contribution in [0.2, 0.25) is 0 Å². The Labute approximate surface area is 126 Å². The van der Waals surface area contributed by atoms with Gasteiger partial charge in [0, 0.05) is 31.6 Å². The summed E-state index contributed by atoms with van der Waals surface area (Å²) in [6, 6.07) is 0.106. The maximum absolute atomic E-state index is 12.4. The van der Waals surface area contributed by atoms with Crippen LogP contribution in [-0.4, -0.2) is 55.6 Å². The monoisotopic (exact) mass is 294 g/mol. The largest absolute Gasteiger partial charge is 0.351 e. The molecule has 21 heavy (non-hydrogen) atoms. The molecule has 2 heterocycles. The van der Waals surface area contributed by atoms with Gasteiger partial charge in [-0.3, -0.25) is 4.79 Å². The van der Waals surface area contributed by atoms with Crippen LogP contribution in [0.25, 0.3) is 0 Å². The minimum atomic E-state index is -0.0181. The molecule has 3 rings (SSSR count). The Bertz CT molecular complexity index is 420. The van der Waals surface area contributed by atoms with Gasteiger partial charge in [0.15, 0.2) is 0 Å². The fourth-order valence-corrected chi connectivity index (χ4v) is 3.82. The molecule has 3 amide bonds. The van der Waals surface area contributed by atoms with Gasteiger partial charge in [-0.05, 0) is 51.1 Å². The maximum Gasteiger partial charge on any atom is 0.317 e. The van der Waals surface area contributed by atoms with E-state index in [-0.39, 0.29) is 29.3 Å². The summed E-state index contributed by atoms with van der Waals surface area (Å²) in [5.74, 6) is 0.415. The molecule has 0 aromatic rings. The fourth-order valence-electron chi connectivity index (χ4n) is 3.82. The first-order chi connectivity index (χ1) is 10.1. The molecular weight excluding hydrogens is 268 g/mol. The third-order valence-corrected chi connectivity index (χ3v) is 5.26. The Hall–Kier alpha value is -1.30. The van der Waals surface area contributed by atoms with Gasteiger partial charge in [0.05, 0.1) is 0 Å². The zero-order valence-corrected chi connectivity index (χ0v) is 12.8. The van der Waals surface area contributed by atoms with Gasteiger partial charge in [-0.25, -0.2) is 4.79 Å². The average Bonchev–Trinajstić information content (AvgIpc) is 2.96. The number of hydrogen-bond acceptors (Lipinski definition) is 3. The molecule has 3 N–H and O–H groups in total. The maximum atomic E-state index is 12.4. The van der Waals surface area contributed by atoms with Crippen molar-refractivity contribution in [1.29, 1.82) is 0 Å². The molecule has 1 saturated carbocycles. The van der Waals surface area contributed by atoms with Crippen LogP contribution in [0.15, 0.2) is 0 Å². The fraction of sp³-hybridized carbons (Fsp3) is 0.867. The molecule has 2 unspecified atom stereocenters. The number of piperidine rings is 1. The summed E-state index contributed by atoms with van der Waals surface area (Å²) >= 11 is 0. The van der Waals surface area contributed by atoms with Gasteiger partial charge in [0.1, 0.15) is 0 Å². The molecule has 6 heteroatoms. The van der Waals surface area contributed by atoms with Gasteiger partial charge in [-0.2, -0.15) is 0 Å². The second kappa shape index (κ2) is 5.83. The van der Waals surface area contributed by atoms with Crippen molar-refractivity contribution in [3.63, 3.8) is 0 Å². The standard InChI is InChI=1S/C15H26N4O2/c1-2-17-14(21)19-8-3-11(10-19)18-13(20)12-9-15(12)4-6-16-7-5-15/h11-12,16H,2-10H2,1H3,(H,17,21)(H,18,20). The van der Waals surface area contributed by atoms with Crippen molar-refractivity contribution >= 4 is 11.9 Å². The normalized spacial score (nSPS) is 30.2. The predicted molar refractivity (Wildman–Crippen MR) is 79.8 cm³/mol. The van der Waals surface area contributed by atoms with Crippen molar-refractivity contribution in [1.82, 2.24) is 20.9 Å². The Morgan fingerprint density at radius 1 is 1.33 bits per heavy atom. The molecular formula is C15H26N4O2. The van der Waals surface area contributed by atoms with Gasteiger partial charge in [-0.15, -0.1) is 0 Å². The van der Waals surface area contributed by atoms with Crippen LogP contribution in [0, 0.1) is 11.3 Å². The van der Waals surface area contributed by atoms with E-state index in [0.29, 0.717) is 13.1 Å². The molecule has 2 atom stereocenters. The number of likely N-dealkylation sites (tertiary alicyclic amines) is 1. The molecule has 3 aliphatic rings. The number of rotatable bonds is 3. The Morgan fingerprint density at radius 2 is 2.10 bits per heavy atom. The van der Waals surface area contributed by atoms with Crippen molar-refractivity contribution in [3.05, 3.63) is 0 Å². The minimum Gasteiger partial charge on any atom is -0.351 e. The topological polar surface area (TPSA) is 73.5 Å². The van der Waals surface area contributed by atoms with E-state index in [1.54, 1.807) is 4.90 Å². The number of carbonyl (C=O) groups is 2. The molecule has 3 fully saturated rings. The van der Waals surface area contributed by atoms with E-state index in [2.05, 4.69) is 16.0 Å². The van der Waals surface area contributed by atoms with Crippen LogP contribution in [0.5, 0.6) is 0 Å². The summed E-state index contributed by atoms with van der Waals surface area (Å²) < 4.78 is 0. The van der Waals surface area contributed by atoms with Gasteiger partial charge < -0.3 is 20.9 Å². The van der Waals surface area contributed by atoms with Crippen molar-refractivity contribution in [2.24, 2.45) is 11.3 Å². The number of urea groups is 1. The second-order valence-electron chi connectivity index (χ2n) is 6.64. The minimum absolute atomic E-state index is 0.0181. The summed E-state index contributed by atoms with van der Waals surface area (Å²) in [5, 5.41) is 9.33. The third kappa shape index (κ3) is 3.00. The van der Waals surface area contributed by atoms with Crippen molar-refractivity contribution in [2.45, 2.75) is 38.6 Å². The summed E-state index contributed by atoms with van der Waals surface area (Å²) in [4.78, 5) is 25.9. The molecule has 0 aromatic carbocycles. The lowest BCUT2D eigenvalue weighted by Crippen LogP contribution is -2.43. The zero-order chi connectivity index (χ0) is 14.9. The third-order valence-electron chi connectivity index (χ3n) is 5.26. The molecule has 6 nitrogen and oxygen atoms in total. The molecule has 0 bridgehead atoms. The summed E-state index contributed by atoms with van der Waals surface area (Å²) in [5.41, 5.74) is 0.285. The first-order valence-corrected chi connectivity index (χ1v) is 8.18. The molecule has 0 aromatic heterocycles. The van der Waals surface area contributed by atoms with Crippen molar-refractivity contribution in [3.8, 4) is 0 Å². The lowest BCUT2D eigenvalue weighted by Gasteiger charge is -2.23. The van der Waals surface area contributed by atoms with E-state index < -0.39 is 0 Å². The summed E-state index contributed by atoms with van der Waals surface area (Å²) in [7, 11) is 0. The van der Waals surface area contributed by atoms with E-state index in [1.165, 1.54) is 0 Å². The van der Waals surface area contributed by atoms with Crippen LogP contribution >= 0.6 is 0 Å². The number of amides is 3. The smallest absolute Gasteiger partial charge is 0.317 e.